The highest BCUT2D eigenvalue weighted by atomic mass is 16.7. The first kappa shape index (κ1) is 15.3. The Bertz CT molecular complexity index is 180. The van der Waals surface area contributed by atoms with Crippen LogP contribution in [0.25, 0.3) is 0 Å². The number of carbonyl (C=O) groups is 1. The third-order valence-corrected chi connectivity index (χ3v) is 2.47. The fourth-order valence-electron chi connectivity index (χ4n) is 1.41. The second-order valence-corrected chi connectivity index (χ2v) is 3.42. The van der Waals surface area contributed by atoms with Crippen LogP contribution >= 0.6 is 0 Å². The number of methoxy groups -OCH3 is 2. The van der Waals surface area contributed by atoms with Gasteiger partial charge in [0.25, 0.3) is 0 Å². The molecule has 0 saturated carbocycles. The minimum atomic E-state index is -0.247. The number of hydrogen-bond donors (Lipinski definition) is 1. The lowest BCUT2D eigenvalue weighted by molar-refractivity contribution is -0.131. The van der Waals surface area contributed by atoms with Gasteiger partial charge in [-0.15, -0.1) is 0 Å². The second-order valence-electron chi connectivity index (χ2n) is 3.42. The van der Waals surface area contributed by atoms with E-state index in [1.807, 2.05) is 18.7 Å². The Balaban J connectivity index is 3.61. The Morgan fingerprint density at radius 1 is 1.25 bits per heavy atom. The molecular formula is C11H24N2O3. The van der Waals surface area contributed by atoms with Crippen molar-refractivity contribution in [3.8, 4) is 0 Å². The average molecular weight is 232 g/mol. The van der Waals surface area contributed by atoms with Gasteiger partial charge >= 0.3 is 0 Å². The van der Waals surface area contributed by atoms with Crippen molar-refractivity contribution in [2.75, 3.05) is 40.4 Å². The van der Waals surface area contributed by atoms with Gasteiger partial charge < -0.3 is 19.7 Å². The normalized spacial score (nSPS) is 10.8. The second kappa shape index (κ2) is 9.57. The Morgan fingerprint density at radius 2 is 1.81 bits per heavy atom. The third-order valence-electron chi connectivity index (χ3n) is 2.47. The van der Waals surface area contributed by atoms with Crippen molar-refractivity contribution in [1.29, 1.82) is 0 Å². The van der Waals surface area contributed by atoms with Gasteiger partial charge in [-0.05, 0) is 13.8 Å². The van der Waals surface area contributed by atoms with Gasteiger partial charge in [0, 0.05) is 46.8 Å². The van der Waals surface area contributed by atoms with E-state index in [2.05, 4.69) is 5.32 Å². The third kappa shape index (κ3) is 6.05. The first-order valence-corrected chi connectivity index (χ1v) is 5.73. The zero-order valence-electron chi connectivity index (χ0n) is 10.8. The number of nitrogens with zero attached hydrogens (tertiary/aromatic N) is 1. The summed E-state index contributed by atoms with van der Waals surface area (Å²) in [5.41, 5.74) is 0. The molecule has 0 aromatic carbocycles. The van der Waals surface area contributed by atoms with E-state index in [4.69, 9.17) is 9.47 Å². The monoisotopic (exact) mass is 232 g/mol. The van der Waals surface area contributed by atoms with Crippen LogP contribution in [-0.4, -0.2) is 57.5 Å². The number of hydrogen-bond acceptors (Lipinski definition) is 4. The summed E-state index contributed by atoms with van der Waals surface area (Å²) in [6, 6.07) is 0. The quantitative estimate of drug-likeness (QED) is 0.463. The highest BCUT2D eigenvalue weighted by Crippen LogP contribution is 1.93. The zero-order valence-corrected chi connectivity index (χ0v) is 10.8. The van der Waals surface area contributed by atoms with E-state index >= 15 is 0 Å². The van der Waals surface area contributed by atoms with Crippen LogP contribution in [0, 0.1) is 0 Å². The molecule has 5 nitrogen and oxygen atoms in total. The van der Waals surface area contributed by atoms with Crippen molar-refractivity contribution >= 4 is 5.91 Å². The predicted octanol–water partition coefficient (Wildman–Crippen LogP) is 0.453. The molecule has 0 aromatic rings. The molecule has 0 unspecified atom stereocenters. The smallest absolute Gasteiger partial charge is 0.223 e. The molecule has 0 spiro atoms. The van der Waals surface area contributed by atoms with Crippen LogP contribution in [0.4, 0.5) is 0 Å². The molecule has 0 aliphatic heterocycles. The van der Waals surface area contributed by atoms with Crippen LogP contribution in [0.15, 0.2) is 0 Å². The summed E-state index contributed by atoms with van der Waals surface area (Å²) in [6.45, 7) is 6.76. The SMILES string of the molecule is CCN(CC)C(=O)CCNCC(OC)OC. The van der Waals surface area contributed by atoms with E-state index in [0.29, 0.717) is 19.5 Å². The molecule has 0 rings (SSSR count). The summed E-state index contributed by atoms with van der Waals surface area (Å²) in [4.78, 5) is 13.4. The molecular weight excluding hydrogens is 208 g/mol. The number of ether oxygens (including phenoxy) is 2. The van der Waals surface area contributed by atoms with Crippen molar-refractivity contribution in [3.05, 3.63) is 0 Å². The molecule has 0 fully saturated rings. The van der Waals surface area contributed by atoms with Crippen LogP contribution < -0.4 is 5.32 Å². The summed E-state index contributed by atoms with van der Waals surface area (Å²) < 4.78 is 10.0. The topological polar surface area (TPSA) is 50.8 Å². The lowest BCUT2D eigenvalue weighted by Gasteiger charge is -2.19. The fraction of sp³-hybridized carbons (Fsp3) is 0.909. The highest BCUT2D eigenvalue weighted by Gasteiger charge is 2.09. The summed E-state index contributed by atoms with van der Waals surface area (Å²) in [6.07, 6.45) is 0.269. The minimum Gasteiger partial charge on any atom is -0.355 e. The molecule has 96 valence electrons. The van der Waals surface area contributed by atoms with Crippen LogP contribution in [0.5, 0.6) is 0 Å². The molecule has 16 heavy (non-hydrogen) atoms. The molecule has 0 aromatic heterocycles. The largest absolute Gasteiger partial charge is 0.355 e. The molecule has 0 radical (unpaired) electrons. The van der Waals surface area contributed by atoms with Crippen molar-refractivity contribution < 1.29 is 14.3 Å². The number of rotatable bonds is 9. The van der Waals surface area contributed by atoms with Gasteiger partial charge in [-0.2, -0.15) is 0 Å². The number of amides is 1. The highest BCUT2D eigenvalue weighted by molar-refractivity contribution is 5.76. The minimum absolute atomic E-state index is 0.184. The number of nitrogens with one attached hydrogen (secondary N) is 1. The van der Waals surface area contributed by atoms with E-state index in [-0.39, 0.29) is 12.2 Å². The Labute approximate surface area is 98.1 Å². The summed E-state index contributed by atoms with van der Waals surface area (Å²) in [5, 5.41) is 3.12. The molecule has 5 heteroatoms. The van der Waals surface area contributed by atoms with E-state index in [9.17, 15) is 4.79 Å². The van der Waals surface area contributed by atoms with Gasteiger partial charge in [0.05, 0.1) is 0 Å². The lowest BCUT2D eigenvalue weighted by atomic mass is 10.3. The first-order chi connectivity index (χ1) is 7.69. The fourth-order valence-corrected chi connectivity index (χ4v) is 1.41. The van der Waals surface area contributed by atoms with Crippen molar-refractivity contribution in [1.82, 2.24) is 10.2 Å². The Hall–Kier alpha value is -0.650. The van der Waals surface area contributed by atoms with Gasteiger partial charge in [-0.25, -0.2) is 0 Å². The van der Waals surface area contributed by atoms with Crippen molar-refractivity contribution in [2.45, 2.75) is 26.6 Å². The maximum absolute atomic E-state index is 11.6. The maximum atomic E-state index is 11.6. The standard InChI is InChI=1S/C11H24N2O3/c1-5-13(6-2)10(14)7-8-12-9-11(15-3)16-4/h11-12H,5-9H2,1-4H3. The van der Waals surface area contributed by atoms with E-state index in [1.165, 1.54) is 0 Å². The van der Waals surface area contributed by atoms with Crippen LogP contribution in [0.2, 0.25) is 0 Å². The van der Waals surface area contributed by atoms with E-state index in [1.54, 1.807) is 14.2 Å². The molecule has 0 heterocycles. The Kier molecular flexibility index (Phi) is 9.18. The molecule has 0 saturated heterocycles. The first-order valence-electron chi connectivity index (χ1n) is 5.73. The van der Waals surface area contributed by atoms with Gasteiger partial charge in [-0.3, -0.25) is 4.79 Å². The van der Waals surface area contributed by atoms with Crippen LogP contribution in [-0.2, 0) is 14.3 Å². The molecule has 0 atom stereocenters. The van der Waals surface area contributed by atoms with Gasteiger partial charge in [-0.1, -0.05) is 0 Å². The van der Waals surface area contributed by atoms with Crippen molar-refractivity contribution in [2.24, 2.45) is 0 Å². The maximum Gasteiger partial charge on any atom is 0.223 e. The predicted molar refractivity (Wildman–Crippen MR) is 63.2 cm³/mol. The van der Waals surface area contributed by atoms with Crippen LogP contribution in [0.3, 0.4) is 0 Å². The zero-order chi connectivity index (χ0) is 12.4. The molecule has 1 amide bonds. The Morgan fingerprint density at radius 3 is 2.25 bits per heavy atom. The molecule has 0 aliphatic carbocycles. The average Bonchev–Trinajstić information content (AvgIpc) is 2.31. The molecule has 0 bridgehead atoms. The molecule has 1 N–H and O–H groups in total. The summed E-state index contributed by atoms with van der Waals surface area (Å²) in [5.74, 6) is 0.184. The van der Waals surface area contributed by atoms with Gasteiger partial charge in [0.1, 0.15) is 0 Å². The summed E-state index contributed by atoms with van der Waals surface area (Å²) in [7, 11) is 3.19. The van der Waals surface area contributed by atoms with Crippen LogP contribution in [0.1, 0.15) is 20.3 Å². The van der Waals surface area contributed by atoms with Gasteiger partial charge in [0.15, 0.2) is 6.29 Å². The van der Waals surface area contributed by atoms with E-state index in [0.717, 1.165) is 13.1 Å². The summed E-state index contributed by atoms with van der Waals surface area (Å²) >= 11 is 0. The van der Waals surface area contributed by atoms with E-state index < -0.39 is 0 Å². The van der Waals surface area contributed by atoms with Gasteiger partial charge in [0.2, 0.25) is 5.91 Å². The number of carbonyl (C=O) groups excluding carboxylic acids is 1. The lowest BCUT2D eigenvalue weighted by Crippen LogP contribution is -2.35. The molecule has 0 aliphatic rings. The van der Waals surface area contributed by atoms with Crippen molar-refractivity contribution in [3.63, 3.8) is 0 Å².